The molecule has 0 aliphatic carbocycles. The van der Waals surface area contributed by atoms with Gasteiger partial charge >= 0.3 is 0 Å². The van der Waals surface area contributed by atoms with E-state index < -0.39 is 11.6 Å². The van der Waals surface area contributed by atoms with Crippen molar-refractivity contribution in [3.63, 3.8) is 0 Å². The van der Waals surface area contributed by atoms with E-state index in [-0.39, 0.29) is 5.41 Å². The first-order valence-corrected chi connectivity index (χ1v) is 7.01. The summed E-state index contributed by atoms with van der Waals surface area (Å²) in [6, 6.07) is 11.4. The molecule has 1 atom stereocenters. The molecule has 2 aromatic rings. The van der Waals surface area contributed by atoms with Crippen molar-refractivity contribution < 1.29 is 13.5 Å². The van der Waals surface area contributed by atoms with E-state index in [0.29, 0.717) is 25.1 Å². The van der Waals surface area contributed by atoms with Crippen LogP contribution >= 0.6 is 0 Å². The van der Waals surface area contributed by atoms with Gasteiger partial charge in [-0.15, -0.1) is 0 Å². The molecule has 2 nitrogen and oxygen atoms in total. The van der Waals surface area contributed by atoms with Gasteiger partial charge in [-0.05, 0) is 30.5 Å². The monoisotopic (exact) mass is 289 g/mol. The van der Waals surface area contributed by atoms with Crippen LogP contribution < -0.4 is 10.5 Å². The Labute approximate surface area is 122 Å². The Morgan fingerprint density at radius 2 is 1.95 bits per heavy atom. The number of halogens is 2. The Kier molecular flexibility index (Phi) is 3.64. The number of fused-ring (bicyclic) bond motifs is 1. The average Bonchev–Trinajstić information content (AvgIpc) is 2.50. The smallest absolute Gasteiger partial charge is 0.129 e. The zero-order valence-corrected chi connectivity index (χ0v) is 11.6. The first-order valence-electron chi connectivity index (χ1n) is 7.01. The Bertz CT molecular complexity index is 659. The predicted molar refractivity (Wildman–Crippen MR) is 77.3 cm³/mol. The molecule has 0 spiro atoms. The molecule has 2 aromatic carbocycles. The minimum Gasteiger partial charge on any atom is -0.493 e. The molecule has 0 saturated carbocycles. The van der Waals surface area contributed by atoms with Crippen molar-refractivity contribution in [3.05, 3.63) is 65.2 Å². The maximum absolute atomic E-state index is 14.0. The molecule has 0 radical (unpaired) electrons. The van der Waals surface area contributed by atoms with Crippen molar-refractivity contribution in [2.24, 2.45) is 5.73 Å². The first-order chi connectivity index (χ1) is 10.1. The second-order valence-corrected chi connectivity index (χ2v) is 5.49. The van der Waals surface area contributed by atoms with Crippen LogP contribution in [-0.4, -0.2) is 13.2 Å². The van der Waals surface area contributed by atoms with Crippen molar-refractivity contribution in [1.82, 2.24) is 0 Å². The van der Waals surface area contributed by atoms with Gasteiger partial charge in [0.1, 0.15) is 17.4 Å². The van der Waals surface area contributed by atoms with E-state index in [1.807, 2.05) is 24.3 Å². The van der Waals surface area contributed by atoms with Gasteiger partial charge in [0.15, 0.2) is 0 Å². The normalized spacial score (nSPS) is 20.7. The summed E-state index contributed by atoms with van der Waals surface area (Å²) in [5.74, 6) is -0.283. The van der Waals surface area contributed by atoms with Gasteiger partial charge < -0.3 is 10.5 Å². The van der Waals surface area contributed by atoms with Crippen molar-refractivity contribution >= 4 is 0 Å². The lowest BCUT2D eigenvalue weighted by Crippen LogP contribution is -2.42. The summed E-state index contributed by atoms with van der Waals surface area (Å²) in [4.78, 5) is 0. The van der Waals surface area contributed by atoms with Crippen molar-refractivity contribution in [1.29, 1.82) is 0 Å². The van der Waals surface area contributed by atoms with Crippen molar-refractivity contribution in [3.8, 4) is 5.75 Å². The van der Waals surface area contributed by atoms with E-state index in [0.717, 1.165) is 23.8 Å². The van der Waals surface area contributed by atoms with Crippen LogP contribution in [0.5, 0.6) is 5.75 Å². The molecule has 0 fully saturated rings. The van der Waals surface area contributed by atoms with Gasteiger partial charge in [0.2, 0.25) is 0 Å². The third kappa shape index (κ3) is 2.51. The highest BCUT2D eigenvalue weighted by atomic mass is 19.1. The fourth-order valence-corrected chi connectivity index (χ4v) is 3.02. The molecule has 3 rings (SSSR count). The quantitative estimate of drug-likeness (QED) is 0.942. The van der Waals surface area contributed by atoms with Crippen LogP contribution in [0.15, 0.2) is 42.5 Å². The highest BCUT2D eigenvalue weighted by molar-refractivity contribution is 5.43. The molecule has 2 N–H and O–H groups in total. The summed E-state index contributed by atoms with van der Waals surface area (Å²) >= 11 is 0. The third-order valence-electron chi connectivity index (χ3n) is 4.23. The lowest BCUT2D eigenvalue weighted by atomic mass is 9.72. The molecule has 1 heterocycles. The fourth-order valence-electron chi connectivity index (χ4n) is 3.02. The van der Waals surface area contributed by atoms with Crippen LogP contribution in [-0.2, 0) is 11.8 Å². The fraction of sp³-hybridized carbons (Fsp3) is 0.294. The first kappa shape index (κ1) is 14.0. The van der Waals surface area contributed by atoms with Gasteiger partial charge in [-0.25, -0.2) is 8.78 Å². The molecule has 1 unspecified atom stereocenters. The maximum atomic E-state index is 14.0. The van der Waals surface area contributed by atoms with Gasteiger partial charge in [-0.1, -0.05) is 24.3 Å². The second kappa shape index (κ2) is 5.45. The van der Waals surface area contributed by atoms with Gasteiger partial charge in [-0.3, -0.25) is 0 Å². The van der Waals surface area contributed by atoms with E-state index >= 15 is 0 Å². The lowest BCUT2D eigenvalue weighted by Gasteiger charge is -2.38. The van der Waals surface area contributed by atoms with E-state index in [1.165, 1.54) is 12.1 Å². The van der Waals surface area contributed by atoms with E-state index in [1.54, 1.807) is 0 Å². The number of para-hydroxylation sites is 1. The van der Waals surface area contributed by atoms with Crippen LogP contribution in [0, 0.1) is 11.6 Å². The van der Waals surface area contributed by atoms with Gasteiger partial charge in [0.25, 0.3) is 0 Å². The average molecular weight is 289 g/mol. The van der Waals surface area contributed by atoms with Crippen LogP contribution in [0.3, 0.4) is 0 Å². The van der Waals surface area contributed by atoms with Gasteiger partial charge in [-0.2, -0.15) is 0 Å². The van der Waals surface area contributed by atoms with E-state index in [2.05, 4.69) is 0 Å². The third-order valence-corrected chi connectivity index (χ3v) is 4.23. The number of ether oxygens (including phenoxy) is 1. The number of hydrogen-bond acceptors (Lipinski definition) is 2. The molecule has 4 heteroatoms. The molecule has 0 aromatic heterocycles. The standard InChI is InChI=1S/C17H17F2NO/c18-13-6-5-12(15(19)9-13)10-17(11-20)7-8-21-16-4-2-1-3-14(16)17/h1-6,9H,7-8,10-11,20H2. The zero-order valence-electron chi connectivity index (χ0n) is 11.6. The highest BCUT2D eigenvalue weighted by Gasteiger charge is 2.37. The molecule has 21 heavy (non-hydrogen) atoms. The molecule has 0 saturated heterocycles. The summed E-state index contributed by atoms with van der Waals surface area (Å²) < 4.78 is 32.7. The maximum Gasteiger partial charge on any atom is 0.129 e. The SMILES string of the molecule is NCC1(Cc2ccc(F)cc2F)CCOc2ccccc21. The minimum absolute atomic E-state index is 0.368. The summed E-state index contributed by atoms with van der Waals surface area (Å²) in [6.07, 6.45) is 1.16. The number of benzene rings is 2. The molecular formula is C17H17F2NO. The largest absolute Gasteiger partial charge is 0.493 e. The molecular weight excluding hydrogens is 272 g/mol. The van der Waals surface area contributed by atoms with Crippen LogP contribution in [0.4, 0.5) is 8.78 Å². The minimum atomic E-state index is -0.564. The summed E-state index contributed by atoms with van der Waals surface area (Å²) in [6.45, 7) is 0.946. The van der Waals surface area contributed by atoms with Gasteiger partial charge in [0.05, 0.1) is 6.61 Å². The summed E-state index contributed by atoms with van der Waals surface area (Å²) in [5.41, 5.74) is 7.15. The molecule has 0 amide bonds. The van der Waals surface area contributed by atoms with Crippen molar-refractivity contribution in [2.75, 3.05) is 13.2 Å². The van der Waals surface area contributed by atoms with Gasteiger partial charge in [0, 0.05) is 23.6 Å². The Morgan fingerprint density at radius 1 is 1.14 bits per heavy atom. The Hall–Kier alpha value is -1.94. The number of rotatable bonds is 3. The second-order valence-electron chi connectivity index (χ2n) is 5.49. The lowest BCUT2D eigenvalue weighted by molar-refractivity contribution is 0.214. The van der Waals surface area contributed by atoms with Crippen molar-refractivity contribution in [2.45, 2.75) is 18.3 Å². The molecule has 110 valence electrons. The molecule has 0 bridgehead atoms. The highest BCUT2D eigenvalue weighted by Crippen LogP contribution is 2.40. The van der Waals surface area contributed by atoms with Crippen LogP contribution in [0.25, 0.3) is 0 Å². The van der Waals surface area contributed by atoms with Crippen LogP contribution in [0.1, 0.15) is 17.5 Å². The summed E-state index contributed by atoms with van der Waals surface area (Å²) in [7, 11) is 0. The Morgan fingerprint density at radius 3 is 2.71 bits per heavy atom. The zero-order chi connectivity index (χ0) is 14.9. The number of hydrogen-bond donors (Lipinski definition) is 1. The topological polar surface area (TPSA) is 35.2 Å². The molecule has 1 aliphatic rings. The molecule has 1 aliphatic heterocycles. The number of nitrogens with two attached hydrogens (primary N) is 1. The van der Waals surface area contributed by atoms with E-state index in [9.17, 15) is 8.78 Å². The van der Waals surface area contributed by atoms with Crippen LogP contribution in [0.2, 0.25) is 0 Å². The van der Waals surface area contributed by atoms with E-state index in [4.69, 9.17) is 10.5 Å². The summed E-state index contributed by atoms with van der Waals surface area (Å²) in [5, 5.41) is 0. The Balaban J connectivity index is 2.02. The predicted octanol–water partition coefficient (Wildman–Crippen LogP) is 3.19.